The lowest BCUT2D eigenvalue weighted by Crippen LogP contribution is -2.48. The molecule has 1 N–H and O–H groups in total. The van der Waals surface area contributed by atoms with Crippen LogP contribution in [-0.2, 0) is 16.1 Å². The number of esters is 1. The third kappa shape index (κ3) is 5.94. The van der Waals surface area contributed by atoms with E-state index in [4.69, 9.17) is 9.15 Å². The zero-order valence-electron chi connectivity index (χ0n) is 22.1. The average molecular weight is 513 g/mol. The van der Waals surface area contributed by atoms with Crippen LogP contribution in [0.5, 0.6) is 0 Å². The van der Waals surface area contributed by atoms with Gasteiger partial charge in [0.25, 0.3) is 0 Å². The number of hydrogen-bond acceptors (Lipinski definition) is 6. The Balaban J connectivity index is 2.06. The number of ether oxygens (including phenoxy) is 1. The van der Waals surface area contributed by atoms with Crippen LogP contribution in [-0.4, -0.2) is 24.0 Å². The molecule has 38 heavy (non-hydrogen) atoms. The van der Waals surface area contributed by atoms with Crippen LogP contribution < -0.4 is 15.8 Å². The highest BCUT2D eigenvalue weighted by Crippen LogP contribution is 2.37. The van der Waals surface area contributed by atoms with Crippen molar-refractivity contribution in [1.82, 2.24) is 5.32 Å². The molecule has 3 aromatic carbocycles. The smallest absolute Gasteiger partial charge is 0.353 e. The van der Waals surface area contributed by atoms with Crippen molar-refractivity contribution < 1.29 is 18.7 Å². The SMILES string of the molecule is CCOC(=O)c1c(N(Cc2ccccc2)C(C(=O)NC(C)(C)C)c2ccccc2)c2ccccc2oc1=O. The summed E-state index contributed by atoms with van der Waals surface area (Å²) in [4.78, 5) is 42.3. The number of benzene rings is 3. The first-order valence-electron chi connectivity index (χ1n) is 12.6. The molecule has 0 fully saturated rings. The van der Waals surface area contributed by atoms with Crippen LogP contribution >= 0.6 is 0 Å². The van der Waals surface area contributed by atoms with E-state index in [1.165, 1.54) is 0 Å². The first kappa shape index (κ1) is 26.7. The number of nitrogens with zero attached hydrogens (tertiary/aromatic N) is 1. The van der Waals surface area contributed by atoms with E-state index < -0.39 is 23.2 Å². The summed E-state index contributed by atoms with van der Waals surface area (Å²) in [7, 11) is 0. The highest BCUT2D eigenvalue weighted by Gasteiger charge is 2.35. The van der Waals surface area contributed by atoms with Gasteiger partial charge in [-0.25, -0.2) is 9.59 Å². The van der Waals surface area contributed by atoms with E-state index in [9.17, 15) is 14.4 Å². The van der Waals surface area contributed by atoms with Gasteiger partial charge in [-0.15, -0.1) is 0 Å². The second-order valence-electron chi connectivity index (χ2n) is 10.00. The Labute approximate surface area is 222 Å². The van der Waals surface area contributed by atoms with Crippen molar-refractivity contribution >= 4 is 28.5 Å². The number of anilines is 1. The highest BCUT2D eigenvalue weighted by atomic mass is 16.5. The minimum atomic E-state index is -0.881. The predicted molar refractivity (Wildman–Crippen MR) is 148 cm³/mol. The molecule has 1 aromatic heterocycles. The summed E-state index contributed by atoms with van der Waals surface area (Å²) in [5, 5.41) is 3.62. The maximum Gasteiger partial charge on any atom is 0.353 e. The van der Waals surface area contributed by atoms with Crippen molar-refractivity contribution in [1.29, 1.82) is 0 Å². The van der Waals surface area contributed by atoms with Gasteiger partial charge in [-0.3, -0.25) is 4.79 Å². The molecule has 196 valence electrons. The fraction of sp³-hybridized carbons (Fsp3) is 0.258. The lowest BCUT2D eigenvalue weighted by atomic mass is 9.98. The molecule has 1 heterocycles. The average Bonchev–Trinajstić information content (AvgIpc) is 2.88. The number of para-hydroxylation sites is 1. The van der Waals surface area contributed by atoms with Gasteiger partial charge in [0.1, 0.15) is 11.6 Å². The Morgan fingerprint density at radius 3 is 2.16 bits per heavy atom. The predicted octanol–water partition coefficient (Wildman–Crippen LogP) is 5.63. The minimum absolute atomic E-state index is 0.0792. The van der Waals surface area contributed by atoms with E-state index >= 15 is 0 Å². The Hall–Kier alpha value is -4.39. The third-order valence-electron chi connectivity index (χ3n) is 5.92. The van der Waals surface area contributed by atoms with Crippen molar-refractivity contribution in [3.8, 4) is 0 Å². The standard InChI is InChI=1S/C31H32N2O5/c1-5-37-29(35)25-27(23-18-12-13-19-24(23)38-30(25)36)33(20-21-14-8-6-9-15-21)26(22-16-10-7-11-17-22)28(34)32-31(2,3)4/h6-19,26H,5,20H2,1-4H3,(H,32,34). The van der Waals surface area contributed by atoms with E-state index in [0.717, 1.165) is 5.56 Å². The van der Waals surface area contributed by atoms with Crippen molar-refractivity contribution in [2.75, 3.05) is 11.5 Å². The Kier molecular flexibility index (Phi) is 7.96. The van der Waals surface area contributed by atoms with Gasteiger partial charge in [-0.1, -0.05) is 72.8 Å². The summed E-state index contributed by atoms with van der Waals surface area (Å²) >= 11 is 0. The Bertz CT molecular complexity index is 1470. The van der Waals surface area contributed by atoms with Crippen LogP contribution in [0.1, 0.15) is 55.2 Å². The molecule has 7 heteroatoms. The maximum absolute atomic E-state index is 14.0. The zero-order chi connectivity index (χ0) is 27.3. The summed E-state index contributed by atoms with van der Waals surface area (Å²) in [6, 6.07) is 25.0. The quantitative estimate of drug-likeness (QED) is 0.243. The molecule has 0 spiro atoms. The van der Waals surface area contributed by atoms with Gasteiger partial charge in [-0.05, 0) is 51.0 Å². The van der Waals surface area contributed by atoms with Crippen LogP contribution in [0.15, 0.2) is 94.1 Å². The summed E-state index contributed by atoms with van der Waals surface area (Å²) in [5.41, 5.74) is 0.606. The van der Waals surface area contributed by atoms with E-state index in [0.29, 0.717) is 16.5 Å². The Morgan fingerprint density at radius 1 is 0.921 bits per heavy atom. The summed E-state index contributed by atoms with van der Waals surface area (Å²) in [5.74, 6) is -1.07. The van der Waals surface area contributed by atoms with Gasteiger partial charge >= 0.3 is 11.6 Å². The second kappa shape index (κ2) is 11.3. The number of amides is 1. The Morgan fingerprint density at radius 2 is 1.53 bits per heavy atom. The molecule has 0 aliphatic heterocycles. The first-order valence-corrected chi connectivity index (χ1v) is 12.6. The van der Waals surface area contributed by atoms with Gasteiger partial charge in [0.05, 0.1) is 12.3 Å². The number of fused-ring (bicyclic) bond motifs is 1. The molecular formula is C31H32N2O5. The number of hydrogen-bond donors (Lipinski definition) is 1. The lowest BCUT2D eigenvalue weighted by molar-refractivity contribution is -0.124. The maximum atomic E-state index is 14.0. The number of rotatable bonds is 8. The third-order valence-corrected chi connectivity index (χ3v) is 5.92. The fourth-order valence-electron chi connectivity index (χ4n) is 4.44. The van der Waals surface area contributed by atoms with Gasteiger partial charge in [0, 0.05) is 17.5 Å². The molecule has 0 saturated carbocycles. The van der Waals surface area contributed by atoms with E-state index in [-0.39, 0.29) is 30.3 Å². The first-order chi connectivity index (χ1) is 18.2. The highest BCUT2D eigenvalue weighted by molar-refractivity contribution is 6.05. The summed E-state index contributed by atoms with van der Waals surface area (Å²) in [6.45, 7) is 7.71. The molecule has 0 saturated heterocycles. The van der Waals surface area contributed by atoms with Crippen molar-refractivity contribution in [3.63, 3.8) is 0 Å². The van der Waals surface area contributed by atoms with Crippen molar-refractivity contribution in [2.24, 2.45) is 0 Å². The van der Waals surface area contributed by atoms with Gasteiger partial charge in [-0.2, -0.15) is 0 Å². The van der Waals surface area contributed by atoms with Gasteiger partial charge in [0.15, 0.2) is 5.56 Å². The van der Waals surface area contributed by atoms with Crippen LogP contribution in [0.25, 0.3) is 11.0 Å². The minimum Gasteiger partial charge on any atom is -0.462 e. The van der Waals surface area contributed by atoms with E-state index in [1.54, 1.807) is 36.1 Å². The molecule has 0 radical (unpaired) electrons. The molecule has 0 aliphatic rings. The summed E-state index contributed by atoms with van der Waals surface area (Å²) in [6.07, 6.45) is 0. The number of carbonyl (C=O) groups excluding carboxylic acids is 2. The monoisotopic (exact) mass is 512 g/mol. The van der Waals surface area contributed by atoms with Crippen molar-refractivity contribution in [2.45, 2.75) is 45.8 Å². The van der Waals surface area contributed by atoms with Gasteiger partial charge < -0.3 is 19.4 Å². The molecule has 4 aromatic rings. The fourth-order valence-corrected chi connectivity index (χ4v) is 4.44. The zero-order valence-corrected chi connectivity index (χ0v) is 22.1. The molecule has 0 bridgehead atoms. The topological polar surface area (TPSA) is 88.8 Å². The number of nitrogens with one attached hydrogen (secondary N) is 1. The van der Waals surface area contributed by atoms with E-state index in [2.05, 4.69) is 5.32 Å². The molecule has 4 rings (SSSR count). The summed E-state index contributed by atoms with van der Waals surface area (Å²) < 4.78 is 10.8. The molecular weight excluding hydrogens is 480 g/mol. The molecule has 0 aliphatic carbocycles. The van der Waals surface area contributed by atoms with E-state index in [1.807, 2.05) is 81.4 Å². The normalized spacial score (nSPS) is 12.1. The molecule has 1 atom stereocenters. The van der Waals surface area contributed by atoms with Gasteiger partial charge in [0.2, 0.25) is 5.91 Å². The molecule has 1 unspecified atom stereocenters. The largest absolute Gasteiger partial charge is 0.462 e. The lowest BCUT2D eigenvalue weighted by Gasteiger charge is -2.36. The molecule has 1 amide bonds. The van der Waals surface area contributed by atoms with Crippen LogP contribution in [0.4, 0.5) is 5.69 Å². The number of carbonyl (C=O) groups is 2. The van der Waals surface area contributed by atoms with Crippen molar-refractivity contribution in [3.05, 3.63) is 112 Å². The van der Waals surface area contributed by atoms with Crippen LogP contribution in [0.3, 0.4) is 0 Å². The second-order valence-corrected chi connectivity index (χ2v) is 10.00. The molecule has 7 nitrogen and oxygen atoms in total. The van der Waals surface area contributed by atoms with Crippen LogP contribution in [0, 0.1) is 0 Å². The van der Waals surface area contributed by atoms with Crippen LogP contribution in [0.2, 0.25) is 0 Å².